The predicted molar refractivity (Wildman–Crippen MR) is 109 cm³/mol. The van der Waals surface area contributed by atoms with Gasteiger partial charge in [0.25, 0.3) is 5.56 Å². The van der Waals surface area contributed by atoms with Crippen LogP contribution in [0.1, 0.15) is 19.3 Å². The van der Waals surface area contributed by atoms with E-state index < -0.39 is 0 Å². The second-order valence-electron chi connectivity index (χ2n) is 6.64. The third-order valence-electron chi connectivity index (χ3n) is 4.60. The maximum absolute atomic E-state index is 12.6. The molecule has 148 valence electrons. The number of aromatic amines is 1. The number of hydrogen-bond donors (Lipinski definition) is 2. The molecule has 1 atom stereocenters. The van der Waals surface area contributed by atoms with Crippen LogP contribution in [0.2, 0.25) is 0 Å². The van der Waals surface area contributed by atoms with Gasteiger partial charge in [0.2, 0.25) is 11.8 Å². The molecule has 1 unspecified atom stereocenters. The average molecular weight is 448 g/mol. The highest BCUT2D eigenvalue weighted by Crippen LogP contribution is 2.20. The number of nitrogens with one attached hydrogen (secondary N) is 2. The third kappa shape index (κ3) is 5.45. The van der Waals surface area contributed by atoms with Gasteiger partial charge in [-0.2, -0.15) is 0 Å². The minimum atomic E-state index is -0.363. The van der Waals surface area contributed by atoms with E-state index in [4.69, 9.17) is 4.74 Å². The van der Waals surface area contributed by atoms with Crippen LogP contribution in [0.4, 0.5) is 5.69 Å². The predicted octanol–water partition coefficient (Wildman–Crippen LogP) is 2.78. The van der Waals surface area contributed by atoms with Gasteiger partial charge < -0.3 is 19.9 Å². The quantitative estimate of drug-likeness (QED) is 0.711. The lowest BCUT2D eigenvalue weighted by Gasteiger charge is -2.32. The number of aromatic nitrogens is 1. The van der Waals surface area contributed by atoms with Crippen LogP contribution in [0, 0.1) is 5.92 Å². The Bertz CT molecular complexity index is 885. The number of ether oxygens (including phenoxy) is 1. The van der Waals surface area contributed by atoms with Crippen LogP contribution in [-0.2, 0) is 9.59 Å². The first kappa shape index (κ1) is 20.1. The summed E-state index contributed by atoms with van der Waals surface area (Å²) in [7, 11) is 0. The lowest BCUT2D eigenvalue weighted by atomic mass is 9.96. The van der Waals surface area contributed by atoms with Gasteiger partial charge in [-0.05, 0) is 47.0 Å². The molecule has 1 aliphatic heterocycles. The molecule has 2 heterocycles. The van der Waals surface area contributed by atoms with Crippen LogP contribution >= 0.6 is 15.9 Å². The summed E-state index contributed by atoms with van der Waals surface area (Å²) in [4.78, 5) is 41.1. The molecule has 1 fully saturated rings. The van der Waals surface area contributed by atoms with Gasteiger partial charge >= 0.3 is 0 Å². The smallest absolute Gasteiger partial charge is 0.271 e. The molecule has 0 bridgehead atoms. The SMILES string of the molecule is O=C(Nc1cc(Br)c[nH]c1=O)C1CCCN(C(=O)CCOc2ccccc2)C1. The van der Waals surface area contributed by atoms with Gasteiger partial charge in [0, 0.05) is 23.8 Å². The summed E-state index contributed by atoms with van der Waals surface area (Å²) in [6.07, 6.45) is 3.20. The number of carbonyl (C=O) groups excluding carboxylic acids is 2. The van der Waals surface area contributed by atoms with Crippen molar-refractivity contribution in [2.45, 2.75) is 19.3 Å². The maximum Gasteiger partial charge on any atom is 0.271 e. The number of pyridine rings is 1. The number of likely N-dealkylation sites (tertiary alicyclic amines) is 1. The summed E-state index contributed by atoms with van der Waals surface area (Å²) >= 11 is 3.27. The van der Waals surface area contributed by atoms with E-state index in [2.05, 4.69) is 26.2 Å². The van der Waals surface area contributed by atoms with Crippen LogP contribution < -0.4 is 15.6 Å². The molecule has 28 heavy (non-hydrogen) atoms. The molecule has 0 spiro atoms. The van der Waals surface area contributed by atoms with Crippen molar-refractivity contribution in [1.82, 2.24) is 9.88 Å². The third-order valence-corrected chi connectivity index (χ3v) is 5.06. The van der Waals surface area contributed by atoms with Crippen molar-refractivity contribution in [1.29, 1.82) is 0 Å². The molecule has 0 saturated carbocycles. The minimum Gasteiger partial charge on any atom is -0.493 e. The second kappa shape index (κ2) is 9.54. The Kier molecular flexibility index (Phi) is 6.86. The molecule has 2 aromatic rings. The number of para-hydroxylation sites is 1. The van der Waals surface area contributed by atoms with Crippen molar-refractivity contribution < 1.29 is 14.3 Å². The Morgan fingerprint density at radius 3 is 2.86 bits per heavy atom. The van der Waals surface area contributed by atoms with Crippen molar-refractivity contribution >= 4 is 33.4 Å². The van der Waals surface area contributed by atoms with Crippen LogP contribution in [0.5, 0.6) is 5.75 Å². The molecule has 3 rings (SSSR count). The second-order valence-corrected chi connectivity index (χ2v) is 7.56. The molecule has 0 radical (unpaired) electrons. The number of H-pyrrole nitrogens is 1. The Hall–Kier alpha value is -2.61. The summed E-state index contributed by atoms with van der Waals surface area (Å²) in [5.41, 5.74) is -0.169. The van der Waals surface area contributed by atoms with E-state index in [9.17, 15) is 14.4 Å². The van der Waals surface area contributed by atoms with Crippen molar-refractivity contribution in [2.75, 3.05) is 25.0 Å². The monoisotopic (exact) mass is 447 g/mol. The molecule has 1 saturated heterocycles. The Morgan fingerprint density at radius 1 is 1.29 bits per heavy atom. The van der Waals surface area contributed by atoms with Crippen LogP contribution in [0.3, 0.4) is 0 Å². The fourth-order valence-corrected chi connectivity index (χ4v) is 3.48. The highest BCUT2D eigenvalue weighted by Gasteiger charge is 2.28. The van der Waals surface area contributed by atoms with Gasteiger partial charge in [-0.15, -0.1) is 0 Å². The first-order chi connectivity index (χ1) is 13.5. The van der Waals surface area contributed by atoms with Crippen molar-refractivity contribution in [3.63, 3.8) is 0 Å². The van der Waals surface area contributed by atoms with Crippen molar-refractivity contribution in [2.24, 2.45) is 5.92 Å². The number of rotatable bonds is 6. The molecule has 1 aliphatic rings. The molecule has 0 aliphatic carbocycles. The number of amides is 2. The van der Waals surface area contributed by atoms with Gasteiger partial charge in [0.05, 0.1) is 18.9 Å². The summed E-state index contributed by atoms with van der Waals surface area (Å²) in [5, 5.41) is 2.67. The highest BCUT2D eigenvalue weighted by molar-refractivity contribution is 9.10. The number of carbonyl (C=O) groups is 2. The van der Waals surface area contributed by atoms with Crippen LogP contribution in [0.25, 0.3) is 0 Å². The fraction of sp³-hybridized carbons (Fsp3) is 0.350. The molecular formula is C20H22BrN3O4. The first-order valence-corrected chi connectivity index (χ1v) is 9.97. The zero-order valence-electron chi connectivity index (χ0n) is 15.3. The largest absolute Gasteiger partial charge is 0.493 e. The number of anilines is 1. The minimum absolute atomic E-state index is 0.0336. The fourth-order valence-electron chi connectivity index (χ4n) is 3.13. The van der Waals surface area contributed by atoms with Gasteiger partial charge in [-0.25, -0.2) is 0 Å². The number of nitrogens with zero attached hydrogens (tertiary/aromatic N) is 1. The van der Waals surface area contributed by atoms with Gasteiger partial charge in [0.1, 0.15) is 11.4 Å². The highest BCUT2D eigenvalue weighted by atomic mass is 79.9. The lowest BCUT2D eigenvalue weighted by Crippen LogP contribution is -2.44. The van der Waals surface area contributed by atoms with Gasteiger partial charge in [-0.3, -0.25) is 14.4 Å². The molecule has 7 nitrogen and oxygen atoms in total. The molecule has 8 heteroatoms. The zero-order valence-corrected chi connectivity index (χ0v) is 16.9. The average Bonchev–Trinajstić information content (AvgIpc) is 2.71. The number of hydrogen-bond acceptors (Lipinski definition) is 4. The van der Waals surface area contributed by atoms with E-state index >= 15 is 0 Å². The Morgan fingerprint density at radius 2 is 2.07 bits per heavy atom. The van der Waals surface area contributed by atoms with E-state index in [-0.39, 0.29) is 35.4 Å². The van der Waals surface area contributed by atoms with Crippen molar-refractivity contribution in [3.8, 4) is 5.75 Å². The van der Waals surface area contributed by atoms with E-state index in [1.807, 2.05) is 30.3 Å². The summed E-state index contributed by atoms with van der Waals surface area (Å²) in [6, 6.07) is 10.9. The Balaban J connectivity index is 1.51. The van der Waals surface area contributed by atoms with Gasteiger partial charge in [0.15, 0.2) is 0 Å². The standard InChI is InChI=1S/C20H22BrN3O4/c21-15-11-17(20(27)22-12-15)23-19(26)14-5-4-9-24(13-14)18(25)8-10-28-16-6-2-1-3-7-16/h1-3,6-7,11-12,14H,4-5,8-10,13H2,(H,22,27)(H,23,26). The van der Waals surface area contributed by atoms with E-state index in [1.54, 1.807) is 11.0 Å². The maximum atomic E-state index is 12.6. The molecule has 1 aromatic carbocycles. The van der Waals surface area contributed by atoms with Crippen LogP contribution in [0.15, 0.2) is 51.9 Å². The Labute approximate surface area is 171 Å². The number of piperidine rings is 1. The number of benzene rings is 1. The van der Waals surface area contributed by atoms with Crippen molar-refractivity contribution in [3.05, 3.63) is 57.4 Å². The molecule has 2 amide bonds. The molecular weight excluding hydrogens is 426 g/mol. The summed E-state index contributed by atoms with van der Waals surface area (Å²) in [5.74, 6) is 0.104. The topological polar surface area (TPSA) is 91.5 Å². The summed E-state index contributed by atoms with van der Waals surface area (Å²) in [6.45, 7) is 1.27. The number of halogens is 1. The summed E-state index contributed by atoms with van der Waals surface area (Å²) < 4.78 is 6.24. The normalized spacial score (nSPS) is 16.5. The van der Waals surface area contributed by atoms with Crippen LogP contribution in [-0.4, -0.2) is 41.4 Å². The molecule has 2 N–H and O–H groups in total. The van der Waals surface area contributed by atoms with E-state index in [1.165, 1.54) is 6.20 Å². The molecule has 1 aromatic heterocycles. The zero-order chi connectivity index (χ0) is 19.9. The van der Waals surface area contributed by atoms with Gasteiger partial charge in [-0.1, -0.05) is 18.2 Å². The first-order valence-electron chi connectivity index (χ1n) is 9.17. The van der Waals surface area contributed by atoms with E-state index in [0.717, 1.165) is 12.2 Å². The van der Waals surface area contributed by atoms with E-state index in [0.29, 0.717) is 30.6 Å². The lowest BCUT2D eigenvalue weighted by molar-refractivity contribution is -0.135.